The molecule has 0 radical (unpaired) electrons. The average molecular weight is 425 g/mol. The van der Waals surface area contributed by atoms with Gasteiger partial charge < -0.3 is 9.47 Å². The van der Waals surface area contributed by atoms with Crippen LogP contribution in [0.5, 0.6) is 11.5 Å². The number of carbonyl (C=O) groups excluding carboxylic acids is 2. The van der Waals surface area contributed by atoms with Gasteiger partial charge in [0.05, 0.1) is 24.4 Å². The predicted molar refractivity (Wildman–Crippen MR) is 119 cm³/mol. The molecular weight excluding hydrogens is 406 g/mol. The van der Waals surface area contributed by atoms with Gasteiger partial charge in [-0.2, -0.15) is 5.26 Å². The fourth-order valence-electron chi connectivity index (χ4n) is 3.34. The van der Waals surface area contributed by atoms with Crippen LogP contribution in [0.3, 0.4) is 0 Å². The highest BCUT2D eigenvalue weighted by Crippen LogP contribution is 2.34. The third kappa shape index (κ3) is 4.02. The first-order chi connectivity index (χ1) is 15.6. The summed E-state index contributed by atoms with van der Waals surface area (Å²) in [6, 6.07) is 23.3. The Hall–Kier alpha value is -4.57. The number of rotatable bonds is 6. The lowest BCUT2D eigenvalue weighted by Gasteiger charge is -2.15. The smallest absolute Gasteiger partial charge is 0.282 e. The van der Waals surface area contributed by atoms with Crippen LogP contribution >= 0.6 is 0 Å². The van der Waals surface area contributed by atoms with Crippen molar-refractivity contribution in [3.8, 4) is 17.6 Å². The predicted octanol–water partition coefficient (Wildman–Crippen LogP) is 3.61. The number of nitrogens with one attached hydrogen (secondary N) is 1. The van der Waals surface area contributed by atoms with Crippen LogP contribution in [0.15, 0.2) is 78.4 Å². The number of nitrogens with zero attached hydrogens (tertiary/aromatic N) is 2. The fourth-order valence-corrected chi connectivity index (χ4v) is 3.34. The molecule has 7 nitrogen and oxygen atoms in total. The highest BCUT2D eigenvalue weighted by atomic mass is 16.5. The van der Waals surface area contributed by atoms with Crippen LogP contribution < -0.4 is 19.9 Å². The van der Waals surface area contributed by atoms with E-state index in [1.165, 1.54) is 18.2 Å². The number of hydrogen-bond donors (Lipinski definition) is 1. The SMILES string of the molecule is COc1cccc(/C=C2/C(=O)NN(c3ccccc3)C2=O)c1OCc1ccccc1C#N. The van der Waals surface area contributed by atoms with Crippen LogP contribution in [-0.4, -0.2) is 18.9 Å². The molecule has 0 bridgehead atoms. The minimum absolute atomic E-state index is 0.0237. The number of methoxy groups -OCH3 is 1. The number of ether oxygens (including phenoxy) is 2. The minimum atomic E-state index is -0.512. The summed E-state index contributed by atoms with van der Waals surface area (Å²) in [6.07, 6.45) is 1.48. The van der Waals surface area contributed by atoms with Crippen LogP contribution in [0.2, 0.25) is 0 Å². The van der Waals surface area contributed by atoms with Crippen molar-refractivity contribution in [1.82, 2.24) is 5.43 Å². The summed E-state index contributed by atoms with van der Waals surface area (Å²) in [5.41, 5.74) is 4.84. The summed E-state index contributed by atoms with van der Waals surface area (Å²) in [5.74, 6) is -0.166. The van der Waals surface area contributed by atoms with E-state index in [1.54, 1.807) is 60.7 Å². The largest absolute Gasteiger partial charge is 0.493 e. The second kappa shape index (κ2) is 9.06. The van der Waals surface area contributed by atoms with E-state index in [1.807, 2.05) is 12.1 Å². The number of benzene rings is 3. The van der Waals surface area contributed by atoms with E-state index in [2.05, 4.69) is 11.5 Å². The molecule has 32 heavy (non-hydrogen) atoms. The minimum Gasteiger partial charge on any atom is -0.493 e. The van der Waals surface area contributed by atoms with Crippen LogP contribution in [0.25, 0.3) is 6.08 Å². The van der Waals surface area contributed by atoms with Crippen LogP contribution in [0.1, 0.15) is 16.7 Å². The zero-order chi connectivity index (χ0) is 22.5. The zero-order valence-electron chi connectivity index (χ0n) is 17.2. The number of hydrogen-bond acceptors (Lipinski definition) is 5. The molecule has 7 heteroatoms. The van der Waals surface area contributed by atoms with Crippen molar-refractivity contribution in [2.45, 2.75) is 6.61 Å². The summed E-state index contributed by atoms with van der Waals surface area (Å²) in [6.45, 7) is 0.122. The first-order valence-corrected chi connectivity index (χ1v) is 9.82. The van der Waals surface area contributed by atoms with Gasteiger partial charge in [-0.3, -0.25) is 15.0 Å². The van der Waals surface area contributed by atoms with Gasteiger partial charge in [0, 0.05) is 11.1 Å². The van der Waals surface area contributed by atoms with E-state index in [9.17, 15) is 14.9 Å². The van der Waals surface area contributed by atoms with Gasteiger partial charge in [-0.1, -0.05) is 48.5 Å². The molecule has 3 aromatic carbocycles. The lowest BCUT2D eigenvalue weighted by molar-refractivity contribution is -0.117. The molecule has 1 N–H and O–H groups in total. The molecular formula is C25H19N3O4. The quantitative estimate of drug-likeness (QED) is 0.481. The van der Waals surface area contributed by atoms with Gasteiger partial charge in [-0.05, 0) is 30.3 Å². The number of amides is 2. The molecule has 0 saturated carbocycles. The van der Waals surface area contributed by atoms with E-state index in [4.69, 9.17) is 9.47 Å². The lowest BCUT2D eigenvalue weighted by atomic mass is 10.1. The molecule has 1 heterocycles. The molecule has 1 aliphatic rings. The molecule has 2 amide bonds. The Morgan fingerprint density at radius 1 is 1.00 bits per heavy atom. The summed E-state index contributed by atoms with van der Waals surface area (Å²) in [5, 5.41) is 10.5. The molecule has 1 aliphatic heterocycles. The van der Waals surface area contributed by atoms with Gasteiger partial charge in [-0.15, -0.1) is 0 Å². The average Bonchev–Trinajstić information content (AvgIpc) is 3.12. The van der Waals surface area contributed by atoms with Crippen LogP contribution in [-0.2, 0) is 16.2 Å². The third-order valence-corrected chi connectivity index (χ3v) is 4.94. The maximum absolute atomic E-state index is 12.9. The standard InChI is InChI=1S/C25H19N3O4/c1-31-22-13-7-10-17(23(22)32-16-19-9-6-5-8-18(19)15-26)14-21-24(29)27-28(25(21)30)20-11-3-2-4-12-20/h2-14H,16H2,1H3,(H,27,29)/b21-14-. The molecule has 0 unspecified atom stereocenters. The fraction of sp³-hybridized carbons (Fsp3) is 0.0800. The second-order valence-electron chi connectivity index (χ2n) is 6.91. The number of para-hydroxylation sites is 2. The Kier molecular flexibility index (Phi) is 5.86. The first kappa shape index (κ1) is 20.7. The van der Waals surface area contributed by atoms with Crippen LogP contribution in [0.4, 0.5) is 5.69 Å². The maximum Gasteiger partial charge on any atom is 0.282 e. The van der Waals surface area contributed by atoms with Crippen molar-refractivity contribution in [3.63, 3.8) is 0 Å². The third-order valence-electron chi connectivity index (χ3n) is 4.94. The number of hydrazine groups is 1. The topological polar surface area (TPSA) is 91.7 Å². The second-order valence-corrected chi connectivity index (χ2v) is 6.91. The maximum atomic E-state index is 12.9. The Labute approximate surface area is 185 Å². The number of nitriles is 1. The van der Waals surface area contributed by atoms with E-state index >= 15 is 0 Å². The van der Waals surface area contributed by atoms with Gasteiger partial charge in [0.15, 0.2) is 11.5 Å². The highest BCUT2D eigenvalue weighted by Gasteiger charge is 2.34. The van der Waals surface area contributed by atoms with Gasteiger partial charge in [-0.25, -0.2) is 5.01 Å². The molecule has 1 fully saturated rings. The summed E-state index contributed by atoms with van der Waals surface area (Å²) >= 11 is 0. The molecule has 0 atom stereocenters. The van der Waals surface area contributed by atoms with E-state index in [-0.39, 0.29) is 12.2 Å². The lowest BCUT2D eigenvalue weighted by Crippen LogP contribution is -2.35. The Morgan fingerprint density at radius 3 is 2.50 bits per heavy atom. The zero-order valence-corrected chi connectivity index (χ0v) is 17.2. The normalized spacial score (nSPS) is 14.2. The number of carbonyl (C=O) groups is 2. The molecule has 4 rings (SSSR count). The van der Waals surface area contributed by atoms with Gasteiger partial charge >= 0.3 is 0 Å². The van der Waals surface area contributed by atoms with E-state index < -0.39 is 11.8 Å². The van der Waals surface area contributed by atoms with Crippen molar-refractivity contribution < 1.29 is 19.1 Å². The molecule has 0 spiro atoms. The van der Waals surface area contributed by atoms with Gasteiger partial charge in [0.25, 0.3) is 11.8 Å². The Morgan fingerprint density at radius 2 is 1.75 bits per heavy atom. The van der Waals surface area contributed by atoms with Crippen molar-refractivity contribution in [3.05, 3.63) is 95.1 Å². The van der Waals surface area contributed by atoms with Crippen molar-refractivity contribution >= 4 is 23.6 Å². The Balaban J connectivity index is 1.67. The first-order valence-electron chi connectivity index (χ1n) is 9.82. The summed E-state index contributed by atoms with van der Waals surface area (Å²) in [4.78, 5) is 25.5. The van der Waals surface area contributed by atoms with Crippen molar-refractivity contribution in [1.29, 1.82) is 5.26 Å². The molecule has 1 saturated heterocycles. The monoisotopic (exact) mass is 425 g/mol. The Bertz CT molecular complexity index is 1250. The molecule has 0 aromatic heterocycles. The summed E-state index contributed by atoms with van der Waals surface area (Å²) in [7, 11) is 1.51. The van der Waals surface area contributed by atoms with E-state index in [0.29, 0.717) is 33.9 Å². The van der Waals surface area contributed by atoms with Gasteiger partial charge in [0.1, 0.15) is 12.2 Å². The molecule has 158 valence electrons. The molecule has 3 aromatic rings. The van der Waals surface area contributed by atoms with Crippen molar-refractivity contribution in [2.24, 2.45) is 0 Å². The summed E-state index contributed by atoms with van der Waals surface area (Å²) < 4.78 is 11.4. The van der Waals surface area contributed by atoms with Gasteiger partial charge in [0.2, 0.25) is 0 Å². The molecule has 0 aliphatic carbocycles. The van der Waals surface area contributed by atoms with Crippen LogP contribution in [0, 0.1) is 11.3 Å². The highest BCUT2D eigenvalue weighted by molar-refractivity contribution is 6.31. The number of anilines is 1. The van der Waals surface area contributed by atoms with Crippen molar-refractivity contribution in [2.75, 3.05) is 12.1 Å². The van der Waals surface area contributed by atoms with E-state index in [0.717, 1.165) is 0 Å².